The molecule has 0 atom stereocenters. The molecule has 4 saturated heterocycles. The SMILES string of the molecule is CCc1cccc(CN2CCC3(CC2)NCCc2c3[nH]c3ccc(OC)cc23)c1.COc1ccc2[nH]c3c(c2c1)CCNC31CCN(Cc2ccc(F)c(C)c2)CC1.COc1ccc2[nH]c3c(c2c1)CCNC31CCN(Cc2ccc(F)cc2C)CC1.COc1ccc2[nH]c3c(c2c1)CCNC31CCN(Cc2scnc2C)CC1. The van der Waals surface area contributed by atoms with Gasteiger partial charge >= 0.3 is 0 Å². The van der Waals surface area contributed by atoms with Gasteiger partial charge in [-0.1, -0.05) is 49.4 Å². The number of aromatic amines is 4. The maximum atomic E-state index is 13.6. The first kappa shape index (κ1) is 77.6. The van der Waals surface area contributed by atoms with Crippen LogP contribution in [0.5, 0.6) is 23.0 Å². The molecule has 4 spiro atoms. The Bertz CT molecular complexity index is 5410. The summed E-state index contributed by atoms with van der Waals surface area (Å²) >= 11 is 1.78. The first-order valence-electron chi connectivity index (χ1n) is 41.7. The molecular weight excluding hydrogens is 1450 g/mol. The Labute approximate surface area is 673 Å². The largest absolute Gasteiger partial charge is 0.497 e. The van der Waals surface area contributed by atoms with E-state index in [1.165, 1.54) is 121 Å². The van der Waals surface area contributed by atoms with Gasteiger partial charge in [-0.15, -0.1) is 11.3 Å². The molecule has 598 valence electrons. The first-order chi connectivity index (χ1) is 55.5. The summed E-state index contributed by atoms with van der Waals surface area (Å²) in [5, 5.41) is 20.7. The van der Waals surface area contributed by atoms with E-state index in [0.29, 0.717) is 0 Å². The van der Waals surface area contributed by atoms with E-state index < -0.39 is 0 Å². The zero-order chi connectivity index (χ0) is 78.3. The molecule has 7 aromatic carbocycles. The lowest BCUT2D eigenvalue weighted by atomic mass is 9.79. The van der Waals surface area contributed by atoms with E-state index in [1.807, 2.05) is 55.8 Å². The van der Waals surface area contributed by atoms with Gasteiger partial charge in [0, 0.05) is 176 Å². The van der Waals surface area contributed by atoms with Gasteiger partial charge in [-0.05, 0) is 251 Å². The zero-order valence-corrected chi connectivity index (χ0v) is 68.6. The molecule has 8 aliphatic heterocycles. The maximum Gasteiger partial charge on any atom is 0.126 e. The van der Waals surface area contributed by atoms with Crippen LogP contribution in [0, 0.1) is 32.4 Å². The Kier molecular flexibility index (Phi) is 22.5. The van der Waals surface area contributed by atoms with Crippen LogP contribution in [-0.2, 0) is 80.4 Å². The van der Waals surface area contributed by atoms with Crippen molar-refractivity contribution in [2.45, 2.75) is 160 Å². The van der Waals surface area contributed by atoms with Crippen molar-refractivity contribution in [1.82, 2.24) is 65.8 Å². The number of thiazole rings is 1. The third-order valence-electron chi connectivity index (χ3n) is 26.9. The number of halogens is 2. The number of hydrogen-bond acceptors (Lipinski definition) is 14. The van der Waals surface area contributed by atoms with Crippen LogP contribution in [0.1, 0.15) is 147 Å². The number of nitrogens with one attached hydrogen (secondary N) is 8. The van der Waals surface area contributed by atoms with Gasteiger partial charge in [-0.25, -0.2) is 13.8 Å². The summed E-state index contributed by atoms with van der Waals surface area (Å²) in [7, 11) is 6.93. The lowest BCUT2D eigenvalue weighted by molar-refractivity contribution is 0.121. The van der Waals surface area contributed by atoms with E-state index >= 15 is 0 Å². The van der Waals surface area contributed by atoms with Gasteiger partial charge in [0.1, 0.15) is 34.6 Å². The van der Waals surface area contributed by atoms with Crippen molar-refractivity contribution in [3.63, 3.8) is 0 Å². The summed E-state index contributed by atoms with van der Waals surface area (Å²) < 4.78 is 48.8. The molecule has 0 aliphatic carbocycles. The second kappa shape index (κ2) is 33.0. The number of methoxy groups -OCH3 is 4. The molecule has 114 heavy (non-hydrogen) atoms. The summed E-state index contributed by atoms with van der Waals surface area (Å²) in [6, 6.07) is 45.1. The highest BCUT2D eigenvalue weighted by atomic mass is 32.1. The number of aromatic nitrogens is 5. The number of H-pyrrole nitrogens is 4. The zero-order valence-electron chi connectivity index (χ0n) is 67.8. The van der Waals surface area contributed by atoms with E-state index in [0.717, 1.165) is 222 Å². The Balaban J connectivity index is 0.000000110. The standard InChI is InChI=1S/C25H31N3O.2C24H28FN3O.C21H26N4OS/c1-3-18-5-4-6-19(15-18)17-28-13-10-25(11-14-28)24-21(9-12-26-25)22-16-20(29-2)7-8-23(22)27-24;1-16-13-17(3-5-21(16)25)15-28-11-8-24(9-12-28)23-19(7-10-26-24)20-14-18(29-2)4-6-22(20)27-23;1-16-13-18(25)4-3-17(16)15-28-11-8-24(9-12-28)23-20(7-10-26-24)21-14-19(29-2)5-6-22(21)27-23;1-14-19(27-13-22-14)12-25-9-6-21(7-10-25)20-16(5-8-23-21)17-11-15(26-2)3-4-18(17)24-20/h4-8,15-16,26-27H,3,9-14,17H2,1-2H3;2*3-6,13-14,26-27H,7-12,15H2,1-2H3;3-4,11,13,23-24H,5-10,12H2,1-2H3. The lowest BCUT2D eigenvalue weighted by Gasteiger charge is -2.45. The average Bonchev–Trinajstić information content (AvgIpc) is 1.59. The summed E-state index contributed by atoms with van der Waals surface area (Å²) in [6.07, 6.45) is 14.2. The maximum absolute atomic E-state index is 13.6. The molecule has 8 N–H and O–H groups in total. The molecule has 12 aromatic rings. The molecule has 5 aromatic heterocycles. The Morgan fingerprint density at radius 3 is 1.11 bits per heavy atom. The minimum Gasteiger partial charge on any atom is -0.497 e. The normalized spacial score (nSPS) is 19.0. The number of piperidine rings is 4. The number of ether oxygens (including phenoxy) is 4. The predicted molar refractivity (Wildman–Crippen MR) is 456 cm³/mol. The van der Waals surface area contributed by atoms with Crippen LogP contribution in [0.3, 0.4) is 0 Å². The van der Waals surface area contributed by atoms with Gasteiger partial charge in [0.05, 0.1) is 61.8 Å². The number of fused-ring (bicyclic) bond motifs is 16. The summed E-state index contributed by atoms with van der Waals surface area (Å²) in [5.74, 6) is 3.43. The van der Waals surface area contributed by atoms with Crippen LogP contribution in [0.25, 0.3) is 43.6 Å². The fourth-order valence-corrected chi connectivity index (χ4v) is 21.1. The van der Waals surface area contributed by atoms with Crippen LogP contribution < -0.4 is 40.2 Å². The summed E-state index contributed by atoms with van der Waals surface area (Å²) in [5.41, 5.74) is 26.7. The van der Waals surface area contributed by atoms with Crippen molar-refractivity contribution >= 4 is 54.9 Å². The van der Waals surface area contributed by atoms with Crippen LogP contribution in [0.15, 0.2) is 139 Å². The van der Waals surface area contributed by atoms with Gasteiger partial charge < -0.3 is 60.2 Å². The van der Waals surface area contributed by atoms with Crippen molar-refractivity contribution in [2.75, 3.05) is 107 Å². The number of nitrogens with zero attached hydrogens (tertiary/aromatic N) is 5. The summed E-state index contributed by atoms with van der Waals surface area (Å²) in [6.45, 7) is 24.7. The molecule has 13 heterocycles. The van der Waals surface area contributed by atoms with Gasteiger partial charge in [-0.3, -0.25) is 19.6 Å². The van der Waals surface area contributed by atoms with Crippen LogP contribution in [0.4, 0.5) is 8.78 Å². The Morgan fingerprint density at radius 2 is 0.763 bits per heavy atom. The Morgan fingerprint density at radius 1 is 0.395 bits per heavy atom. The highest BCUT2D eigenvalue weighted by Gasteiger charge is 2.46. The van der Waals surface area contributed by atoms with Gasteiger partial charge in [0.25, 0.3) is 0 Å². The summed E-state index contributed by atoms with van der Waals surface area (Å²) in [4.78, 5) is 31.0. The van der Waals surface area contributed by atoms with Crippen molar-refractivity contribution in [2.24, 2.45) is 0 Å². The van der Waals surface area contributed by atoms with Crippen molar-refractivity contribution in [3.05, 3.63) is 240 Å². The lowest BCUT2D eigenvalue weighted by Crippen LogP contribution is -2.54. The highest BCUT2D eigenvalue weighted by Crippen LogP contribution is 2.47. The molecule has 8 aliphatic rings. The fourth-order valence-electron chi connectivity index (χ4n) is 20.3. The van der Waals surface area contributed by atoms with E-state index in [1.54, 1.807) is 58.0 Å². The van der Waals surface area contributed by atoms with Crippen LogP contribution >= 0.6 is 11.3 Å². The number of rotatable bonds is 13. The smallest absolute Gasteiger partial charge is 0.126 e. The number of benzene rings is 7. The molecule has 20 rings (SSSR count). The minimum absolute atomic E-state index is 0.0220. The van der Waals surface area contributed by atoms with Crippen molar-refractivity contribution in [3.8, 4) is 23.0 Å². The molecule has 0 radical (unpaired) electrons. The monoisotopic (exact) mass is 1560 g/mol. The fraction of sp³-hybridized carbons (Fsp3) is 0.436. The molecular formula is C94H113F2N13O4S. The molecule has 0 bridgehead atoms. The quantitative estimate of drug-likeness (QED) is 0.0548. The van der Waals surface area contributed by atoms with Gasteiger partial charge in [0.15, 0.2) is 0 Å². The highest BCUT2D eigenvalue weighted by molar-refractivity contribution is 7.09. The van der Waals surface area contributed by atoms with Crippen LogP contribution in [0.2, 0.25) is 0 Å². The molecule has 0 unspecified atom stereocenters. The second-order valence-electron chi connectivity index (χ2n) is 33.4. The van der Waals surface area contributed by atoms with E-state index in [2.05, 4.69) is 158 Å². The van der Waals surface area contributed by atoms with E-state index in [9.17, 15) is 8.78 Å². The average molecular weight is 1560 g/mol. The van der Waals surface area contributed by atoms with Crippen molar-refractivity contribution in [1.29, 1.82) is 0 Å². The molecule has 0 amide bonds. The third kappa shape index (κ3) is 15.5. The number of likely N-dealkylation sites (tertiary alicyclic amines) is 4. The predicted octanol–water partition coefficient (Wildman–Crippen LogP) is 16.5. The van der Waals surface area contributed by atoms with Gasteiger partial charge in [-0.2, -0.15) is 0 Å². The van der Waals surface area contributed by atoms with E-state index in [-0.39, 0.29) is 33.8 Å². The molecule has 4 fully saturated rings. The first-order valence-corrected chi connectivity index (χ1v) is 42.6. The van der Waals surface area contributed by atoms with Gasteiger partial charge in [0.2, 0.25) is 0 Å². The number of hydrogen-bond donors (Lipinski definition) is 8. The van der Waals surface area contributed by atoms with Crippen molar-refractivity contribution < 1.29 is 27.7 Å². The second-order valence-corrected chi connectivity index (χ2v) is 34.3. The topological polar surface area (TPSA) is 174 Å². The molecule has 20 heteroatoms. The minimum atomic E-state index is -0.154. The van der Waals surface area contributed by atoms with Crippen LogP contribution in [-0.4, -0.2) is 151 Å². The number of aryl methyl sites for hydroxylation is 4. The molecule has 0 saturated carbocycles. The molecule has 17 nitrogen and oxygen atoms in total. The Hall–Kier alpha value is -8.93. The third-order valence-corrected chi connectivity index (χ3v) is 27.8. The van der Waals surface area contributed by atoms with E-state index in [4.69, 9.17) is 18.9 Å².